The number of esters is 1. The van der Waals surface area contributed by atoms with Gasteiger partial charge in [-0.1, -0.05) is 13.8 Å². The predicted molar refractivity (Wildman–Crippen MR) is 127 cm³/mol. The Hall–Kier alpha value is -3.56. The molecular formula is C25H31N3O7. The van der Waals surface area contributed by atoms with Gasteiger partial charge >= 0.3 is 5.97 Å². The van der Waals surface area contributed by atoms with E-state index in [4.69, 9.17) is 14.2 Å². The van der Waals surface area contributed by atoms with E-state index in [2.05, 4.69) is 5.32 Å². The van der Waals surface area contributed by atoms with Crippen molar-refractivity contribution in [2.75, 3.05) is 27.0 Å². The number of hydrogen-bond donors (Lipinski definition) is 1. The number of benzene rings is 1. The highest BCUT2D eigenvalue weighted by Crippen LogP contribution is 2.35. The standard InChI is InChI=1S/C25H31N3O7/c1-5-27-12-17(22(29)16-10-19-20(11-18(16)27)35-13-34-19)23(30)26-21(14(2)3)24(31)28-8-6-15(7-9-28)25(32)33-4/h10-12,14-15,21H,5-9,13H2,1-4H3,(H,26,30)/t21-/m0/s1. The van der Waals surface area contributed by atoms with Crippen LogP contribution in [0.5, 0.6) is 11.5 Å². The van der Waals surface area contributed by atoms with Crippen LogP contribution in [0.15, 0.2) is 23.1 Å². The number of carbonyl (C=O) groups is 3. The minimum atomic E-state index is -0.806. The van der Waals surface area contributed by atoms with Crippen LogP contribution >= 0.6 is 0 Å². The highest BCUT2D eigenvalue weighted by atomic mass is 16.7. The summed E-state index contributed by atoms with van der Waals surface area (Å²) in [5.74, 6) is -0.510. The molecule has 2 aliphatic rings. The molecule has 0 spiro atoms. The lowest BCUT2D eigenvalue weighted by Crippen LogP contribution is -2.53. The minimum Gasteiger partial charge on any atom is -0.469 e. The van der Waals surface area contributed by atoms with Gasteiger partial charge in [0.1, 0.15) is 11.6 Å². The fourth-order valence-electron chi connectivity index (χ4n) is 4.63. The van der Waals surface area contributed by atoms with Gasteiger partial charge in [0.05, 0.1) is 23.9 Å². The Morgan fingerprint density at radius 1 is 1.14 bits per heavy atom. The number of ether oxygens (including phenoxy) is 3. The van der Waals surface area contributed by atoms with E-state index in [1.54, 1.807) is 21.6 Å². The van der Waals surface area contributed by atoms with E-state index in [9.17, 15) is 19.2 Å². The van der Waals surface area contributed by atoms with Crippen LogP contribution in [0.1, 0.15) is 44.0 Å². The normalized spacial score (nSPS) is 16.4. The molecule has 1 fully saturated rings. The molecule has 1 aromatic carbocycles. The smallest absolute Gasteiger partial charge is 0.308 e. The van der Waals surface area contributed by atoms with Crippen molar-refractivity contribution in [2.45, 2.75) is 46.2 Å². The summed E-state index contributed by atoms with van der Waals surface area (Å²) in [4.78, 5) is 53.3. The first-order chi connectivity index (χ1) is 16.7. The summed E-state index contributed by atoms with van der Waals surface area (Å²) < 4.78 is 17.5. The Balaban J connectivity index is 1.57. The Kier molecular flexibility index (Phi) is 7.00. The summed E-state index contributed by atoms with van der Waals surface area (Å²) in [6.45, 7) is 7.01. The number of amides is 2. The van der Waals surface area contributed by atoms with E-state index >= 15 is 0 Å². The fourth-order valence-corrected chi connectivity index (χ4v) is 4.63. The molecule has 2 amide bonds. The third-order valence-electron chi connectivity index (χ3n) is 6.72. The maximum atomic E-state index is 13.3. The highest BCUT2D eigenvalue weighted by Gasteiger charge is 2.34. The molecule has 0 radical (unpaired) electrons. The van der Waals surface area contributed by atoms with Crippen molar-refractivity contribution in [3.63, 3.8) is 0 Å². The molecule has 3 heterocycles. The van der Waals surface area contributed by atoms with Crippen LogP contribution in [0.2, 0.25) is 0 Å². The lowest BCUT2D eigenvalue weighted by molar-refractivity contribution is -0.149. The van der Waals surface area contributed by atoms with Crippen LogP contribution in [0.3, 0.4) is 0 Å². The summed E-state index contributed by atoms with van der Waals surface area (Å²) in [6, 6.07) is 2.53. The second-order valence-corrected chi connectivity index (χ2v) is 9.20. The van der Waals surface area contributed by atoms with Crippen LogP contribution in [-0.4, -0.2) is 60.3 Å². The van der Waals surface area contributed by atoms with Crippen molar-refractivity contribution < 1.29 is 28.6 Å². The van der Waals surface area contributed by atoms with Crippen LogP contribution in [0, 0.1) is 11.8 Å². The van der Waals surface area contributed by atoms with Crippen LogP contribution in [0.25, 0.3) is 10.9 Å². The molecule has 0 saturated carbocycles. The molecule has 1 N–H and O–H groups in total. The van der Waals surface area contributed by atoms with Crippen molar-refractivity contribution in [1.82, 2.24) is 14.8 Å². The van der Waals surface area contributed by atoms with Gasteiger partial charge in [0.25, 0.3) is 5.91 Å². The van der Waals surface area contributed by atoms with Crippen LogP contribution in [0.4, 0.5) is 0 Å². The lowest BCUT2D eigenvalue weighted by Gasteiger charge is -2.34. The van der Waals surface area contributed by atoms with Gasteiger partial charge in [0, 0.05) is 31.9 Å². The van der Waals surface area contributed by atoms with Crippen molar-refractivity contribution in [2.24, 2.45) is 11.8 Å². The third kappa shape index (κ3) is 4.69. The van der Waals surface area contributed by atoms with Crippen molar-refractivity contribution >= 4 is 28.7 Å². The summed E-state index contributed by atoms with van der Waals surface area (Å²) in [6.07, 6.45) is 2.55. The van der Waals surface area contributed by atoms with Crippen molar-refractivity contribution in [1.29, 1.82) is 0 Å². The molecule has 35 heavy (non-hydrogen) atoms. The number of hydrogen-bond acceptors (Lipinski definition) is 7. The zero-order chi connectivity index (χ0) is 25.3. The van der Waals surface area contributed by atoms with Gasteiger partial charge in [0.15, 0.2) is 11.5 Å². The molecule has 2 aromatic rings. The Labute approximate surface area is 203 Å². The molecule has 0 unspecified atom stereocenters. The number of fused-ring (bicyclic) bond motifs is 2. The summed E-state index contributed by atoms with van der Waals surface area (Å²) in [5, 5.41) is 3.14. The average molecular weight is 486 g/mol. The van der Waals surface area contributed by atoms with E-state index in [0.717, 1.165) is 0 Å². The van der Waals surface area contributed by atoms with Gasteiger partial charge in [-0.05, 0) is 31.7 Å². The van der Waals surface area contributed by atoms with E-state index < -0.39 is 17.4 Å². The number of nitrogens with zero attached hydrogens (tertiary/aromatic N) is 2. The molecule has 188 valence electrons. The monoisotopic (exact) mass is 485 g/mol. The molecule has 0 bridgehead atoms. The number of rotatable bonds is 6. The first-order valence-electron chi connectivity index (χ1n) is 11.9. The molecule has 4 rings (SSSR count). The summed E-state index contributed by atoms with van der Waals surface area (Å²) >= 11 is 0. The van der Waals surface area contributed by atoms with Crippen LogP contribution in [-0.2, 0) is 20.9 Å². The second-order valence-electron chi connectivity index (χ2n) is 9.20. The van der Waals surface area contributed by atoms with E-state index in [1.807, 2.05) is 20.8 Å². The number of aromatic nitrogens is 1. The number of carbonyl (C=O) groups excluding carboxylic acids is 3. The Bertz CT molecular complexity index is 1210. The number of methoxy groups -OCH3 is 1. The van der Waals surface area contributed by atoms with Gasteiger partial charge in [0.2, 0.25) is 18.1 Å². The van der Waals surface area contributed by atoms with Gasteiger partial charge in [-0.3, -0.25) is 19.2 Å². The Morgan fingerprint density at radius 2 is 1.80 bits per heavy atom. The first kappa shape index (κ1) is 24.6. The molecule has 1 saturated heterocycles. The summed E-state index contributed by atoms with van der Waals surface area (Å²) in [7, 11) is 1.36. The molecule has 10 heteroatoms. The number of pyridine rings is 1. The molecule has 0 aliphatic carbocycles. The largest absolute Gasteiger partial charge is 0.469 e. The van der Waals surface area contributed by atoms with E-state index in [-0.39, 0.29) is 36.1 Å². The van der Waals surface area contributed by atoms with Gasteiger partial charge < -0.3 is 29.0 Å². The number of piperidine rings is 1. The van der Waals surface area contributed by atoms with Gasteiger partial charge in [-0.2, -0.15) is 0 Å². The lowest BCUT2D eigenvalue weighted by atomic mass is 9.95. The van der Waals surface area contributed by atoms with Gasteiger partial charge in [-0.15, -0.1) is 0 Å². The molecule has 1 aromatic heterocycles. The zero-order valence-corrected chi connectivity index (χ0v) is 20.5. The summed E-state index contributed by atoms with van der Waals surface area (Å²) in [5.41, 5.74) is 0.165. The maximum Gasteiger partial charge on any atom is 0.308 e. The molecule has 1 atom stereocenters. The molecule has 2 aliphatic heterocycles. The van der Waals surface area contributed by atoms with Crippen molar-refractivity contribution in [3.8, 4) is 11.5 Å². The number of aryl methyl sites for hydroxylation is 1. The van der Waals surface area contributed by atoms with Crippen LogP contribution < -0.4 is 20.2 Å². The SMILES string of the molecule is CCn1cc(C(=O)N[C@H](C(=O)N2CCC(C(=O)OC)CC2)C(C)C)c(=O)c2cc3c(cc21)OCO3. The minimum absolute atomic E-state index is 0.0407. The van der Waals surface area contributed by atoms with E-state index in [0.29, 0.717) is 54.9 Å². The Morgan fingerprint density at radius 3 is 2.40 bits per heavy atom. The first-order valence-corrected chi connectivity index (χ1v) is 11.9. The number of nitrogens with one attached hydrogen (secondary N) is 1. The predicted octanol–water partition coefficient (Wildman–Crippen LogP) is 1.92. The highest BCUT2D eigenvalue weighted by molar-refractivity contribution is 6.00. The molecular weight excluding hydrogens is 454 g/mol. The average Bonchev–Trinajstić information content (AvgIpc) is 3.33. The topological polar surface area (TPSA) is 116 Å². The van der Waals surface area contributed by atoms with E-state index in [1.165, 1.54) is 13.3 Å². The second kappa shape index (κ2) is 9.97. The maximum absolute atomic E-state index is 13.3. The van der Waals surface area contributed by atoms with Gasteiger partial charge in [-0.25, -0.2) is 0 Å². The fraction of sp³-hybridized carbons (Fsp3) is 0.520. The number of likely N-dealkylation sites (tertiary alicyclic amines) is 1. The van der Waals surface area contributed by atoms with Crippen molar-refractivity contribution in [3.05, 3.63) is 34.1 Å². The zero-order valence-electron chi connectivity index (χ0n) is 20.5. The molecule has 10 nitrogen and oxygen atoms in total. The quantitative estimate of drug-likeness (QED) is 0.622. The third-order valence-corrected chi connectivity index (χ3v) is 6.72.